The van der Waals surface area contributed by atoms with E-state index in [4.69, 9.17) is 0 Å². The van der Waals surface area contributed by atoms with Crippen LogP contribution in [-0.2, 0) is 4.79 Å². The molecule has 1 unspecified atom stereocenters. The highest BCUT2D eigenvalue weighted by Crippen LogP contribution is 2.16. The first kappa shape index (κ1) is 12.5. The normalized spacial score (nSPS) is 14.4. The second-order valence-electron chi connectivity index (χ2n) is 5.00. The Morgan fingerprint density at radius 3 is 2.00 bits per heavy atom. The predicted molar refractivity (Wildman–Crippen MR) is 56.5 cm³/mol. The molecule has 0 aliphatic heterocycles. The van der Waals surface area contributed by atoms with Crippen LogP contribution in [0.3, 0.4) is 0 Å². The maximum absolute atomic E-state index is 11.7. The van der Waals surface area contributed by atoms with Crippen LogP contribution in [0.5, 0.6) is 0 Å². The van der Waals surface area contributed by atoms with Crippen molar-refractivity contribution in [1.29, 1.82) is 0 Å². The summed E-state index contributed by atoms with van der Waals surface area (Å²) in [4.78, 5) is 11.7. The maximum Gasteiger partial charge on any atom is 0.223 e. The topological polar surface area (TPSA) is 29.1 Å². The van der Waals surface area contributed by atoms with Crippen molar-refractivity contribution >= 4 is 5.91 Å². The number of hydrogen-bond donors (Lipinski definition) is 1. The minimum atomic E-state index is -0.112. The molecule has 0 radical (unpaired) electrons. The Bertz CT molecular complexity index is 167. The van der Waals surface area contributed by atoms with Crippen molar-refractivity contribution in [3.63, 3.8) is 0 Å². The fraction of sp³-hybridized carbons (Fsp3) is 0.909. The molecule has 0 saturated carbocycles. The van der Waals surface area contributed by atoms with Crippen molar-refractivity contribution in [2.75, 3.05) is 0 Å². The predicted octanol–water partition coefficient (Wildman–Crippen LogP) is 2.58. The van der Waals surface area contributed by atoms with E-state index in [9.17, 15) is 4.79 Å². The van der Waals surface area contributed by atoms with Crippen molar-refractivity contribution in [2.24, 2.45) is 11.8 Å². The molecule has 13 heavy (non-hydrogen) atoms. The third-order valence-corrected chi connectivity index (χ3v) is 2.08. The van der Waals surface area contributed by atoms with Crippen LogP contribution in [0.25, 0.3) is 0 Å². The third-order valence-electron chi connectivity index (χ3n) is 2.08. The molecule has 0 fully saturated rings. The maximum atomic E-state index is 11.7. The molecule has 0 spiro atoms. The number of carbonyl (C=O) groups is 1. The zero-order valence-electron chi connectivity index (χ0n) is 9.77. The molecule has 0 aliphatic rings. The molecule has 0 saturated heterocycles. The number of hydrogen-bond acceptors (Lipinski definition) is 1. The fourth-order valence-electron chi connectivity index (χ4n) is 1.42. The van der Waals surface area contributed by atoms with E-state index >= 15 is 0 Å². The van der Waals surface area contributed by atoms with Crippen LogP contribution in [0.15, 0.2) is 0 Å². The first-order chi connectivity index (χ1) is 5.78. The highest BCUT2D eigenvalue weighted by molar-refractivity contribution is 5.79. The lowest BCUT2D eigenvalue weighted by atomic mass is 9.91. The summed E-state index contributed by atoms with van der Waals surface area (Å²) in [5.41, 5.74) is -0.112. The summed E-state index contributed by atoms with van der Waals surface area (Å²) < 4.78 is 0. The van der Waals surface area contributed by atoms with Gasteiger partial charge >= 0.3 is 0 Å². The van der Waals surface area contributed by atoms with Gasteiger partial charge in [-0.1, -0.05) is 20.8 Å². The summed E-state index contributed by atoms with van der Waals surface area (Å²) >= 11 is 0. The molecule has 0 rings (SSSR count). The SMILES string of the molecule is CCC(C(=O)NC(C)(C)C)C(C)C. The van der Waals surface area contributed by atoms with E-state index in [1.807, 2.05) is 20.8 Å². The van der Waals surface area contributed by atoms with Gasteiger partial charge in [-0.25, -0.2) is 0 Å². The molecular weight excluding hydrogens is 162 g/mol. The largest absolute Gasteiger partial charge is 0.351 e. The highest BCUT2D eigenvalue weighted by atomic mass is 16.2. The monoisotopic (exact) mass is 185 g/mol. The smallest absolute Gasteiger partial charge is 0.223 e. The van der Waals surface area contributed by atoms with E-state index < -0.39 is 0 Å². The van der Waals surface area contributed by atoms with Gasteiger partial charge in [-0.05, 0) is 33.1 Å². The highest BCUT2D eigenvalue weighted by Gasteiger charge is 2.23. The molecule has 1 atom stereocenters. The van der Waals surface area contributed by atoms with Gasteiger partial charge in [0.05, 0.1) is 0 Å². The third kappa shape index (κ3) is 4.91. The summed E-state index contributed by atoms with van der Waals surface area (Å²) in [6.45, 7) is 12.3. The molecule has 2 nitrogen and oxygen atoms in total. The van der Waals surface area contributed by atoms with Gasteiger partial charge in [0.25, 0.3) is 0 Å². The first-order valence-electron chi connectivity index (χ1n) is 5.10. The Labute approximate surface area is 82.1 Å². The zero-order valence-corrected chi connectivity index (χ0v) is 9.77. The van der Waals surface area contributed by atoms with Gasteiger partial charge in [-0.3, -0.25) is 4.79 Å². The average molecular weight is 185 g/mol. The molecule has 78 valence electrons. The van der Waals surface area contributed by atoms with E-state index in [1.54, 1.807) is 0 Å². The minimum absolute atomic E-state index is 0.112. The molecule has 1 N–H and O–H groups in total. The van der Waals surface area contributed by atoms with Crippen molar-refractivity contribution in [2.45, 2.75) is 53.5 Å². The Morgan fingerprint density at radius 2 is 1.77 bits per heavy atom. The number of amides is 1. The Balaban J connectivity index is 4.23. The van der Waals surface area contributed by atoms with Crippen molar-refractivity contribution in [3.8, 4) is 0 Å². The van der Waals surface area contributed by atoms with Gasteiger partial charge in [-0.2, -0.15) is 0 Å². The molecule has 0 aromatic carbocycles. The van der Waals surface area contributed by atoms with Crippen LogP contribution in [0.2, 0.25) is 0 Å². The standard InChI is InChI=1S/C11H23NO/c1-7-9(8(2)3)10(13)12-11(4,5)6/h8-9H,7H2,1-6H3,(H,12,13). The lowest BCUT2D eigenvalue weighted by molar-refractivity contribution is -0.127. The second-order valence-corrected chi connectivity index (χ2v) is 5.00. The summed E-state index contributed by atoms with van der Waals surface area (Å²) in [5, 5.41) is 3.01. The fourth-order valence-corrected chi connectivity index (χ4v) is 1.42. The zero-order chi connectivity index (χ0) is 10.6. The van der Waals surface area contributed by atoms with Crippen LogP contribution in [0.4, 0.5) is 0 Å². The summed E-state index contributed by atoms with van der Waals surface area (Å²) in [7, 11) is 0. The second kappa shape index (κ2) is 4.64. The van der Waals surface area contributed by atoms with Crippen LogP contribution >= 0.6 is 0 Å². The molecule has 2 heteroatoms. The molecular formula is C11H23NO. The van der Waals surface area contributed by atoms with Gasteiger partial charge < -0.3 is 5.32 Å². The van der Waals surface area contributed by atoms with E-state index in [1.165, 1.54) is 0 Å². The van der Waals surface area contributed by atoms with Gasteiger partial charge in [0.1, 0.15) is 0 Å². The van der Waals surface area contributed by atoms with E-state index in [-0.39, 0.29) is 17.4 Å². The molecule has 0 bridgehead atoms. The van der Waals surface area contributed by atoms with E-state index in [0.29, 0.717) is 5.92 Å². The van der Waals surface area contributed by atoms with Crippen molar-refractivity contribution in [3.05, 3.63) is 0 Å². The molecule has 1 amide bonds. The van der Waals surface area contributed by atoms with Crippen molar-refractivity contribution in [1.82, 2.24) is 5.32 Å². The Hall–Kier alpha value is -0.530. The number of nitrogens with one attached hydrogen (secondary N) is 1. The molecule has 0 heterocycles. The van der Waals surface area contributed by atoms with Crippen LogP contribution < -0.4 is 5.32 Å². The van der Waals surface area contributed by atoms with Crippen molar-refractivity contribution < 1.29 is 4.79 Å². The van der Waals surface area contributed by atoms with Gasteiger partial charge in [0.15, 0.2) is 0 Å². The van der Waals surface area contributed by atoms with Gasteiger partial charge in [0.2, 0.25) is 5.91 Å². The summed E-state index contributed by atoms with van der Waals surface area (Å²) in [5.74, 6) is 0.761. The van der Waals surface area contributed by atoms with Gasteiger partial charge in [-0.15, -0.1) is 0 Å². The van der Waals surface area contributed by atoms with E-state index in [2.05, 4.69) is 26.1 Å². The minimum Gasteiger partial charge on any atom is -0.351 e. The lowest BCUT2D eigenvalue weighted by Crippen LogP contribution is -2.44. The van der Waals surface area contributed by atoms with Crippen LogP contribution in [0.1, 0.15) is 48.0 Å². The van der Waals surface area contributed by atoms with Crippen LogP contribution in [0, 0.1) is 11.8 Å². The Morgan fingerprint density at radius 1 is 1.31 bits per heavy atom. The lowest BCUT2D eigenvalue weighted by Gasteiger charge is -2.26. The molecule has 0 aliphatic carbocycles. The average Bonchev–Trinajstić information content (AvgIpc) is 1.82. The van der Waals surface area contributed by atoms with Crippen LogP contribution in [-0.4, -0.2) is 11.4 Å². The number of rotatable bonds is 3. The number of carbonyl (C=O) groups excluding carboxylic acids is 1. The molecule has 0 aromatic rings. The first-order valence-corrected chi connectivity index (χ1v) is 5.10. The quantitative estimate of drug-likeness (QED) is 0.719. The summed E-state index contributed by atoms with van der Waals surface area (Å²) in [6.07, 6.45) is 0.916. The van der Waals surface area contributed by atoms with Gasteiger partial charge in [0, 0.05) is 11.5 Å². The van der Waals surface area contributed by atoms with E-state index in [0.717, 1.165) is 6.42 Å². The summed E-state index contributed by atoms with van der Waals surface area (Å²) in [6, 6.07) is 0. The Kier molecular flexibility index (Phi) is 4.45. The molecule has 0 aromatic heterocycles.